The first kappa shape index (κ1) is 26.7. The van der Waals surface area contributed by atoms with Crippen LogP contribution >= 0.6 is 58.0 Å². The quantitative estimate of drug-likeness (QED) is 0.250. The van der Waals surface area contributed by atoms with Crippen LogP contribution in [-0.4, -0.2) is 64.3 Å². The smallest absolute Gasteiger partial charge is 0.169 e. The van der Waals surface area contributed by atoms with Crippen LogP contribution in [-0.2, 0) is 0 Å². The third-order valence-corrected chi connectivity index (χ3v) is 12.8. The topological polar surface area (TPSA) is 51.4 Å². The number of amidine groups is 2. The van der Waals surface area contributed by atoms with E-state index in [1.165, 1.54) is 57.5 Å². The van der Waals surface area contributed by atoms with Gasteiger partial charge in [-0.25, -0.2) is 0 Å². The molecular weight excluding hydrogens is 593 g/mol. The molecule has 204 valence electrons. The molecule has 6 heterocycles. The summed E-state index contributed by atoms with van der Waals surface area (Å²) >= 11 is 8.86. The number of benzene rings is 2. The van der Waals surface area contributed by atoms with Crippen LogP contribution < -0.4 is 0 Å². The minimum atomic E-state index is 0.0796. The fraction of sp³-hybridized carbons (Fsp3) is 0.267. The highest BCUT2D eigenvalue weighted by Crippen LogP contribution is 2.47. The number of hydrogen-bond acceptors (Lipinski definition) is 10. The zero-order chi connectivity index (χ0) is 27.4. The summed E-state index contributed by atoms with van der Waals surface area (Å²) in [6, 6.07) is 13.5. The minimum absolute atomic E-state index is 0.0796. The van der Waals surface area contributed by atoms with Crippen molar-refractivity contribution in [2.24, 2.45) is 9.98 Å². The molecule has 4 aliphatic rings. The molecule has 10 heteroatoms. The number of thioether (sulfide) groups is 3. The number of thiophene rings is 2. The van der Waals surface area contributed by atoms with Gasteiger partial charge in [0, 0.05) is 38.5 Å². The summed E-state index contributed by atoms with van der Waals surface area (Å²) in [6.07, 6.45) is 2.15. The normalized spacial score (nSPS) is 18.1. The maximum atomic E-state index is 9.64. The predicted octanol–water partition coefficient (Wildman–Crippen LogP) is 7.91. The highest BCUT2D eigenvalue weighted by molar-refractivity contribution is 8.30. The van der Waals surface area contributed by atoms with Gasteiger partial charge < -0.3 is 14.9 Å². The molecule has 0 amide bonds. The van der Waals surface area contributed by atoms with Crippen LogP contribution in [0.1, 0.15) is 22.3 Å². The predicted molar refractivity (Wildman–Crippen MR) is 181 cm³/mol. The van der Waals surface area contributed by atoms with Crippen molar-refractivity contribution in [2.75, 3.05) is 39.0 Å². The number of aryl methyl sites for hydroxylation is 2. The number of nitrogens with zero attached hydrogens (tertiary/aromatic N) is 4. The summed E-state index contributed by atoms with van der Waals surface area (Å²) in [4.78, 5) is 14.7. The van der Waals surface area contributed by atoms with Crippen molar-refractivity contribution in [2.45, 2.75) is 13.8 Å². The largest absolute Gasteiger partial charge is 0.391 e. The number of aliphatic hydroxyl groups is 1. The number of rotatable bonds is 4. The van der Waals surface area contributed by atoms with Gasteiger partial charge in [-0.1, -0.05) is 11.8 Å². The van der Waals surface area contributed by atoms with Gasteiger partial charge in [-0.15, -0.1) is 34.4 Å². The second-order valence-electron chi connectivity index (χ2n) is 9.87. The molecule has 8 rings (SSSR count). The Morgan fingerprint density at radius 2 is 1.35 bits per heavy atom. The van der Waals surface area contributed by atoms with Crippen LogP contribution in [0, 0.1) is 13.8 Å². The van der Waals surface area contributed by atoms with Gasteiger partial charge in [0.05, 0.1) is 35.3 Å². The van der Waals surface area contributed by atoms with E-state index >= 15 is 0 Å². The summed E-state index contributed by atoms with van der Waals surface area (Å²) in [7, 11) is 0. The van der Waals surface area contributed by atoms with Crippen molar-refractivity contribution in [1.82, 2.24) is 9.80 Å². The van der Waals surface area contributed by atoms with Gasteiger partial charge in [0.15, 0.2) is 10.3 Å². The van der Waals surface area contributed by atoms with Crippen LogP contribution in [0.4, 0.5) is 0 Å². The van der Waals surface area contributed by atoms with Crippen LogP contribution in [0.5, 0.6) is 0 Å². The zero-order valence-electron chi connectivity index (χ0n) is 22.4. The second-order valence-corrected chi connectivity index (χ2v) is 14.8. The van der Waals surface area contributed by atoms with E-state index in [9.17, 15) is 5.11 Å². The Bertz CT molecular complexity index is 1650. The second kappa shape index (κ2) is 10.9. The first-order valence-electron chi connectivity index (χ1n) is 13.1. The summed E-state index contributed by atoms with van der Waals surface area (Å²) in [5, 5.41) is 18.8. The van der Waals surface area contributed by atoms with E-state index in [0.29, 0.717) is 0 Å². The van der Waals surface area contributed by atoms with Gasteiger partial charge in [-0.2, -0.15) is 0 Å². The molecule has 0 atom stereocenters. The molecule has 5 nitrogen and oxygen atoms in total. The lowest BCUT2D eigenvalue weighted by Gasteiger charge is -2.18. The van der Waals surface area contributed by atoms with Crippen molar-refractivity contribution in [3.63, 3.8) is 0 Å². The molecule has 0 radical (unpaired) electrons. The van der Waals surface area contributed by atoms with Crippen molar-refractivity contribution in [1.29, 1.82) is 0 Å². The molecule has 0 fully saturated rings. The highest BCUT2D eigenvalue weighted by atomic mass is 32.2. The lowest BCUT2D eigenvalue weighted by atomic mass is 10.0. The van der Waals surface area contributed by atoms with E-state index in [0.717, 1.165) is 41.9 Å². The van der Waals surface area contributed by atoms with E-state index in [1.807, 2.05) is 34.9 Å². The van der Waals surface area contributed by atoms with Gasteiger partial charge in [-0.3, -0.25) is 9.98 Å². The van der Waals surface area contributed by atoms with E-state index < -0.39 is 0 Å². The molecule has 2 aromatic heterocycles. The standard InChI is InChI=1S/C15H14N2OS2.C15H14N2S3/c1-9-6-11(7-10-2-5-19-14(9)10)13-12(8-18)20-15-16-3-4-17(13)15;1-9-7-11(8-10-3-6-19-13(9)10)12-14(18-2)20-15-16-4-5-17(12)15/h2,5-7,18H,3-4,8H2,1H3;3,6-8H,4-5H2,1-2H3. The molecule has 0 spiro atoms. The molecule has 0 bridgehead atoms. The fourth-order valence-electron chi connectivity index (χ4n) is 5.63. The van der Waals surface area contributed by atoms with Crippen LogP contribution in [0.25, 0.3) is 31.6 Å². The van der Waals surface area contributed by atoms with E-state index in [4.69, 9.17) is 0 Å². The Labute approximate surface area is 254 Å². The van der Waals surface area contributed by atoms with Crippen LogP contribution in [0.15, 0.2) is 66.3 Å². The fourth-order valence-corrected chi connectivity index (χ4v) is 10.3. The average Bonchev–Trinajstić information content (AvgIpc) is 3.77. The molecule has 40 heavy (non-hydrogen) atoms. The van der Waals surface area contributed by atoms with Crippen molar-refractivity contribution in [3.8, 4) is 0 Å². The highest BCUT2D eigenvalue weighted by Gasteiger charge is 2.34. The van der Waals surface area contributed by atoms with Gasteiger partial charge in [-0.05, 0) is 101 Å². The van der Waals surface area contributed by atoms with Crippen molar-refractivity contribution in [3.05, 3.63) is 78.6 Å². The van der Waals surface area contributed by atoms with E-state index in [-0.39, 0.29) is 6.61 Å². The van der Waals surface area contributed by atoms with E-state index in [2.05, 4.69) is 87.0 Å². The number of fused-ring (bicyclic) bond motifs is 4. The van der Waals surface area contributed by atoms with Crippen molar-refractivity contribution >= 4 is 99.9 Å². The van der Waals surface area contributed by atoms with Crippen LogP contribution in [0.3, 0.4) is 0 Å². The minimum Gasteiger partial charge on any atom is -0.391 e. The van der Waals surface area contributed by atoms with Gasteiger partial charge in [0.2, 0.25) is 0 Å². The maximum absolute atomic E-state index is 9.64. The summed E-state index contributed by atoms with van der Waals surface area (Å²) in [5.41, 5.74) is 7.69. The number of aliphatic imine (C=N–C) groups is 2. The molecule has 4 aromatic rings. The molecule has 0 saturated carbocycles. The lowest BCUT2D eigenvalue weighted by molar-refractivity contribution is 0.339. The molecule has 2 aromatic carbocycles. The average molecular weight is 621 g/mol. The summed E-state index contributed by atoms with van der Waals surface area (Å²) < 4.78 is 4.12. The van der Waals surface area contributed by atoms with Crippen LogP contribution in [0.2, 0.25) is 0 Å². The van der Waals surface area contributed by atoms with Gasteiger partial charge in [0.1, 0.15) is 0 Å². The molecule has 4 aliphatic heterocycles. The number of hydrogen-bond donors (Lipinski definition) is 1. The Morgan fingerprint density at radius 1 is 0.800 bits per heavy atom. The first-order valence-corrected chi connectivity index (χ1v) is 17.8. The Kier molecular flexibility index (Phi) is 7.26. The maximum Gasteiger partial charge on any atom is 0.169 e. The Balaban J connectivity index is 0.000000132. The summed E-state index contributed by atoms with van der Waals surface area (Å²) in [5.74, 6) is 0. The zero-order valence-corrected chi connectivity index (χ0v) is 26.5. The van der Waals surface area contributed by atoms with Gasteiger partial charge in [0.25, 0.3) is 0 Å². The third-order valence-electron chi connectivity index (χ3n) is 7.35. The monoisotopic (exact) mass is 620 g/mol. The van der Waals surface area contributed by atoms with E-state index in [1.54, 1.807) is 23.1 Å². The molecule has 0 saturated heterocycles. The molecule has 0 unspecified atom stereocenters. The van der Waals surface area contributed by atoms with Crippen molar-refractivity contribution < 1.29 is 5.11 Å². The number of aliphatic hydroxyl groups excluding tert-OH is 1. The lowest BCUT2D eigenvalue weighted by Crippen LogP contribution is -2.20. The Hall–Kier alpha value is -2.21. The Morgan fingerprint density at radius 3 is 1.93 bits per heavy atom. The third kappa shape index (κ3) is 4.53. The summed E-state index contributed by atoms with van der Waals surface area (Å²) in [6.45, 7) is 8.16. The van der Waals surface area contributed by atoms with Gasteiger partial charge >= 0.3 is 0 Å². The molecule has 1 N–H and O–H groups in total. The first-order chi connectivity index (χ1) is 19.6. The molecule has 0 aliphatic carbocycles. The SMILES string of the molecule is CSC1=C(c2cc(C)c3sccc3c2)N2CCN=C2S1.Cc1cc(C2=C(CO)SC3=NCCN32)cc2ccsc12. The molecular formula is C30H28N4OS5.